The van der Waals surface area contributed by atoms with Crippen LogP contribution in [-0.2, 0) is 0 Å². The first-order valence-electron chi connectivity index (χ1n) is 10.2. The Morgan fingerprint density at radius 1 is 1.00 bits per heavy atom. The van der Waals surface area contributed by atoms with Gasteiger partial charge in [0.15, 0.2) is 0 Å². The van der Waals surface area contributed by atoms with Gasteiger partial charge in [0.05, 0.1) is 16.8 Å². The van der Waals surface area contributed by atoms with E-state index >= 15 is 0 Å². The summed E-state index contributed by atoms with van der Waals surface area (Å²) in [7, 11) is 1.89. The topological polar surface area (TPSA) is 98.2 Å². The number of rotatable bonds is 5. The molecule has 0 bridgehead atoms. The molecule has 2 amide bonds. The summed E-state index contributed by atoms with van der Waals surface area (Å²) in [6.07, 6.45) is 2.65. The Hall–Kier alpha value is -4.01. The molecule has 7 nitrogen and oxygen atoms in total. The van der Waals surface area contributed by atoms with Crippen molar-refractivity contribution in [3.63, 3.8) is 0 Å². The van der Waals surface area contributed by atoms with Crippen LogP contribution in [0.3, 0.4) is 0 Å². The molecule has 1 fully saturated rings. The number of pyridine rings is 1. The molecule has 0 unspecified atom stereocenters. The zero-order chi connectivity index (χ0) is 22.7. The summed E-state index contributed by atoms with van der Waals surface area (Å²) >= 11 is 0. The molecule has 4 rings (SSSR count). The van der Waals surface area contributed by atoms with E-state index in [2.05, 4.69) is 15.6 Å². The third-order valence-corrected chi connectivity index (χ3v) is 5.23. The highest BCUT2D eigenvalue weighted by atomic mass is 19.1. The fraction of sp³-hybridized carbons (Fsp3) is 0.130. The van der Waals surface area contributed by atoms with Crippen LogP contribution in [0.25, 0.3) is 0 Å². The first-order chi connectivity index (χ1) is 15.4. The molecule has 2 heterocycles. The summed E-state index contributed by atoms with van der Waals surface area (Å²) in [5, 5.41) is 13.4. The number of aromatic nitrogens is 1. The number of anilines is 2. The predicted octanol–water partition coefficient (Wildman–Crippen LogP) is 2.01. The van der Waals surface area contributed by atoms with E-state index in [1.54, 1.807) is 42.6 Å². The number of nitrogens with one attached hydrogen (secondary N) is 3. The molecule has 1 aliphatic heterocycles. The predicted molar refractivity (Wildman–Crippen MR) is 124 cm³/mol. The van der Waals surface area contributed by atoms with Gasteiger partial charge in [-0.2, -0.15) is 0 Å². The summed E-state index contributed by atoms with van der Waals surface area (Å²) in [5.74, 6) is -1.23. The summed E-state index contributed by atoms with van der Waals surface area (Å²) < 4.78 is 14.7. The lowest BCUT2D eigenvalue weighted by Gasteiger charge is -2.33. The second kappa shape index (κ2) is 9.01. The minimum atomic E-state index is -0.726. The number of hydrogen-bond donors (Lipinski definition) is 3. The molecular formula is C23H21BFN5O2. The smallest absolute Gasteiger partial charge is 0.258 e. The molecule has 3 aromatic rings. The summed E-state index contributed by atoms with van der Waals surface area (Å²) in [6.45, 7) is 1.55. The molecule has 0 aliphatic carbocycles. The maximum Gasteiger partial charge on any atom is 0.258 e. The number of likely N-dealkylation sites (tertiary alicyclic amines) is 1. The van der Waals surface area contributed by atoms with Crippen molar-refractivity contribution in [3.05, 3.63) is 83.3 Å². The van der Waals surface area contributed by atoms with E-state index in [-0.39, 0.29) is 22.6 Å². The number of benzene rings is 2. The molecule has 0 saturated carbocycles. The minimum absolute atomic E-state index is 0.166. The van der Waals surface area contributed by atoms with Crippen molar-refractivity contribution in [2.45, 2.75) is 6.42 Å². The number of amidine groups is 1. The highest BCUT2D eigenvalue weighted by Gasteiger charge is 2.21. The Labute approximate surface area is 185 Å². The molecule has 9 heteroatoms. The zero-order valence-corrected chi connectivity index (χ0v) is 17.5. The number of amides is 2. The fourth-order valence-corrected chi connectivity index (χ4v) is 3.27. The average Bonchev–Trinajstić information content (AvgIpc) is 2.74. The molecule has 1 aromatic heterocycles. The molecule has 160 valence electrons. The maximum atomic E-state index is 14.7. The van der Waals surface area contributed by atoms with Gasteiger partial charge in [-0.05, 0) is 36.8 Å². The molecule has 1 aliphatic rings. The van der Waals surface area contributed by atoms with E-state index in [0.717, 1.165) is 25.0 Å². The lowest BCUT2D eigenvalue weighted by atomic mass is 9.99. The quantitative estimate of drug-likeness (QED) is 0.328. The fourth-order valence-electron chi connectivity index (χ4n) is 3.27. The van der Waals surface area contributed by atoms with Crippen molar-refractivity contribution in [1.82, 2.24) is 9.88 Å². The van der Waals surface area contributed by atoms with Crippen molar-refractivity contribution in [1.29, 1.82) is 5.41 Å². The largest absolute Gasteiger partial charge is 0.356 e. The normalized spacial score (nSPS) is 12.6. The van der Waals surface area contributed by atoms with Crippen LogP contribution in [0.5, 0.6) is 0 Å². The number of nitrogens with zero attached hydrogens (tertiary/aromatic N) is 2. The number of carbonyl (C=O) groups is 2. The Kier molecular flexibility index (Phi) is 5.98. The van der Waals surface area contributed by atoms with Gasteiger partial charge in [0, 0.05) is 24.8 Å². The van der Waals surface area contributed by atoms with Gasteiger partial charge in [0.25, 0.3) is 11.8 Å². The van der Waals surface area contributed by atoms with Crippen molar-refractivity contribution in [2.75, 3.05) is 23.7 Å². The van der Waals surface area contributed by atoms with Gasteiger partial charge < -0.3 is 15.5 Å². The van der Waals surface area contributed by atoms with Crippen LogP contribution in [0, 0.1) is 11.2 Å². The third kappa shape index (κ3) is 4.51. The summed E-state index contributed by atoms with van der Waals surface area (Å²) in [5.41, 5.74) is 1.69. The van der Waals surface area contributed by atoms with Crippen molar-refractivity contribution >= 4 is 42.5 Å². The summed E-state index contributed by atoms with van der Waals surface area (Å²) in [4.78, 5) is 31.4. The van der Waals surface area contributed by atoms with Crippen molar-refractivity contribution in [3.8, 4) is 0 Å². The van der Waals surface area contributed by atoms with Crippen LogP contribution in [0.15, 0.2) is 60.8 Å². The van der Waals surface area contributed by atoms with Gasteiger partial charge in [-0.15, -0.1) is 0 Å². The molecular weight excluding hydrogens is 408 g/mol. The van der Waals surface area contributed by atoms with Crippen LogP contribution in [0.1, 0.15) is 32.7 Å². The first-order valence-corrected chi connectivity index (χ1v) is 10.2. The number of carbonyl (C=O) groups excluding carboxylic acids is 2. The lowest BCUT2D eigenvalue weighted by molar-refractivity contribution is 0.102. The van der Waals surface area contributed by atoms with Crippen LogP contribution in [0.4, 0.5) is 15.9 Å². The molecule has 0 atom stereocenters. The van der Waals surface area contributed by atoms with E-state index in [4.69, 9.17) is 5.41 Å². The van der Waals surface area contributed by atoms with E-state index in [0.29, 0.717) is 11.4 Å². The zero-order valence-electron chi connectivity index (χ0n) is 17.5. The van der Waals surface area contributed by atoms with Gasteiger partial charge in [-0.25, -0.2) is 9.37 Å². The third-order valence-electron chi connectivity index (χ3n) is 5.23. The Morgan fingerprint density at radius 2 is 1.75 bits per heavy atom. The number of hydrogen-bond acceptors (Lipinski definition) is 4. The van der Waals surface area contributed by atoms with Crippen LogP contribution < -0.4 is 16.1 Å². The van der Waals surface area contributed by atoms with Gasteiger partial charge in [0.1, 0.15) is 25.3 Å². The lowest BCUT2D eigenvalue weighted by Crippen LogP contribution is -2.42. The molecule has 0 radical (unpaired) electrons. The average molecular weight is 429 g/mol. The Balaban J connectivity index is 1.50. The molecule has 2 aromatic carbocycles. The van der Waals surface area contributed by atoms with Gasteiger partial charge in [-0.1, -0.05) is 29.7 Å². The van der Waals surface area contributed by atoms with Crippen LogP contribution >= 0.6 is 0 Å². The number of para-hydroxylation sites is 1. The van der Waals surface area contributed by atoms with Gasteiger partial charge in [-0.3, -0.25) is 15.0 Å². The standard InChI is InChI=1S/C23H21BFN5O2/c24-15-7-9-20(27-13-15)29-23(32)17-4-1-2-5-19(17)28-22(31)16-8-6-14(12-18(16)25)21(26)30-10-3-11-30/h1-2,4-9,12-13,26H,3,10-11,24H2,(H,28,31)(H,27,29,32). The minimum Gasteiger partial charge on any atom is -0.356 e. The van der Waals surface area contributed by atoms with E-state index in [9.17, 15) is 14.0 Å². The highest BCUT2D eigenvalue weighted by Crippen LogP contribution is 2.20. The van der Waals surface area contributed by atoms with Gasteiger partial charge in [0.2, 0.25) is 0 Å². The summed E-state index contributed by atoms with van der Waals surface area (Å²) in [6, 6.07) is 14.1. The van der Waals surface area contributed by atoms with Crippen LogP contribution in [-0.4, -0.2) is 48.5 Å². The second-order valence-electron chi connectivity index (χ2n) is 7.56. The van der Waals surface area contributed by atoms with Crippen LogP contribution in [0.2, 0.25) is 0 Å². The molecule has 3 N–H and O–H groups in total. The SMILES string of the molecule is Bc1ccc(NC(=O)c2ccccc2NC(=O)c2ccc(C(=N)N3CCC3)cc2F)nc1. The van der Waals surface area contributed by atoms with Crippen molar-refractivity contribution in [2.24, 2.45) is 0 Å². The van der Waals surface area contributed by atoms with E-state index < -0.39 is 17.6 Å². The second-order valence-corrected chi connectivity index (χ2v) is 7.56. The number of halogens is 1. The Bertz CT molecular complexity index is 1200. The van der Waals surface area contributed by atoms with Crippen molar-refractivity contribution < 1.29 is 14.0 Å². The highest BCUT2D eigenvalue weighted by molar-refractivity contribution is 6.32. The molecule has 1 saturated heterocycles. The van der Waals surface area contributed by atoms with E-state index in [1.807, 2.05) is 18.8 Å². The Morgan fingerprint density at radius 3 is 2.41 bits per heavy atom. The maximum absolute atomic E-state index is 14.7. The van der Waals surface area contributed by atoms with E-state index in [1.165, 1.54) is 12.1 Å². The monoisotopic (exact) mass is 429 g/mol. The first kappa shape index (κ1) is 21.2. The molecule has 0 spiro atoms. The van der Waals surface area contributed by atoms with Gasteiger partial charge >= 0.3 is 0 Å². The molecule has 32 heavy (non-hydrogen) atoms.